The van der Waals surface area contributed by atoms with Gasteiger partial charge in [0.05, 0.1) is 12.2 Å². The van der Waals surface area contributed by atoms with Crippen LogP contribution in [-0.4, -0.2) is 51.4 Å². The van der Waals surface area contributed by atoms with Gasteiger partial charge in [0.2, 0.25) is 5.91 Å². The van der Waals surface area contributed by atoms with Gasteiger partial charge in [0.1, 0.15) is 10.8 Å². The Morgan fingerprint density at radius 1 is 1.21 bits per heavy atom. The molecular weight excluding hydrogens is 473 g/mol. The molecule has 4 rings (SSSR count). The maximum atomic E-state index is 13.1. The molecule has 0 atom stereocenters. The molecule has 1 aliphatic rings. The largest absolute Gasteiger partial charge is 0.462 e. The Balaban J connectivity index is 1.43. The minimum Gasteiger partial charge on any atom is -0.462 e. The molecule has 1 amide bonds. The molecule has 0 bridgehead atoms. The lowest BCUT2D eigenvalue weighted by atomic mass is 9.96. The topological polar surface area (TPSA) is 102 Å². The van der Waals surface area contributed by atoms with E-state index in [0.717, 1.165) is 11.3 Å². The van der Waals surface area contributed by atoms with Gasteiger partial charge < -0.3 is 15.0 Å². The summed E-state index contributed by atoms with van der Waals surface area (Å²) in [6.45, 7) is 4.80. The van der Waals surface area contributed by atoms with Crippen LogP contribution < -0.4 is 10.2 Å². The van der Waals surface area contributed by atoms with Crippen molar-refractivity contribution in [3.63, 3.8) is 0 Å². The van der Waals surface area contributed by atoms with E-state index >= 15 is 0 Å². The van der Waals surface area contributed by atoms with Gasteiger partial charge in [0.25, 0.3) is 5.82 Å². The summed E-state index contributed by atoms with van der Waals surface area (Å²) in [6.07, 6.45) is -2.97. The van der Waals surface area contributed by atoms with Crippen molar-refractivity contribution in [2.45, 2.75) is 39.3 Å². The average molecular weight is 497 g/mol. The van der Waals surface area contributed by atoms with Gasteiger partial charge >= 0.3 is 12.1 Å². The number of anilines is 2. The molecule has 0 spiro atoms. The van der Waals surface area contributed by atoms with E-state index in [-0.39, 0.29) is 24.1 Å². The summed E-state index contributed by atoms with van der Waals surface area (Å²) in [7, 11) is 0. The molecule has 9 nitrogen and oxygen atoms in total. The first-order chi connectivity index (χ1) is 16.2. The van der Waals surface area contributed by atoms with Crippen LogP contribution in [0.25, 0.3) is 5.65 Å². The third-order valence-electron chi connectivity index (χ3n) is 5.56. The number of hydrogen-bond acceptors (Lipinski definition) is 8. The molecule has 0 aromatic carbocycles. The standard InChI is InChI=1S/C21H23F3N6O3S/c1-3-13-11-14(19(32)33-4-2)18(34-13)25-17(31)12-7-9-29(10-8-12)16-6-5-15-26-27-20(21(22,23)24)30(15)28-16/h5-6,11-12H,3-4,7-10H2,1-2H3,(H,25,31). The molecule has 1 fully saturated rings. The predicted molar refractivity (Wildman–Crippen MR) is 119 cm³/mol. The number of rotatable bonds is 6. The first-order valence-corrected chi connectivity index (χ1v) is 11.7. The van der Waals surface area contributed by atoms with Gasteiger partial charge in [0.15, 0.2) is 5.65 Å². The third kappa shape index (κ3) is 4.83. The molecular formula is C21H23F3N6O3S. The molecule has 0 saturated carbocycles. The van der Waals surface area contributed by atoms with Crippen molar-refractivity contribution in [3.05, 3.63) is 34.5 Å². The molecule has 0 aliphatic carbocycles. The second kappa shape index (κ2) is 9.57. The van der Waals surface area contributed by atoms with Crippen LogP contribution in [0.5, 0.6) is 0 Å². The highest BCUT2D eigenvalue weighted by Crippen LogP contribution is 2.32. The number of carbonyl (C=O) groups excluding carboxylic acids is 2. The summed E-state index contributed by atoms with van der Waals surface area (Å²) >= 11 is 1.35. The quantitative estimate of drug-likeness (QED) is 0.518. The van der Waals surface area contributed by atoms with Crippen LogP contribution in [0.4, 0.5) is 24.0 Å². The highest BCUT2D eigenvalue weighted by Gasteiger charge is 2.38. The van der Waals surface area contributed by atoms with E-state index < -0.39 is 18.0 Å². The number of thiophene rings is 1. The van der Waals surface area contributed by atoms with E-state index in [1.54, 1.807) is 19.1 Å². The lowest BCUT2D eigenvalue weighted by Gasteiger charge is -2.32. The van der Waals surface area contributed by atoms with Gasteiger partial charge in [-0.25, -0.2) is 4.79 Å². The van der Waals surface area contributed by atoms with Crippen molar-refractivity contribution in [2.75, 3.05) is 29.9 Å². The van der Waals surface area contributed by atoms with E-state index in [9.17, 15) is 22.8 Å². The molecule has 13 heteroatoms. The zero-order chi connectivity index (χ0) is 24.5. The fourth-order valence-electron chi connectivity index (χ4n) is 3.78. The molecule has 3 aromatic rings. The van der Waals surface area contributed by atoms with Gasteiger partial charge in [-0.2, -0.15) is 17.7 Å². The molecule has 182 valence electrons. The van der Waals surface area contributed by atoms with E-state index in [0.29, 0.717) is 46.8 Å². The Morgan fingerprint density at radius 3 is 2.59 bits per heavy atom. The second-order valence-electron chi connectivity index (χ2n) is 7.76. The molecule has 1 saturated heterocycles. The number of fused-ring (bicyclic) bond motifs is 1. The molecule has 1 aliphatic heterocycles. The molecule has 4 heterocycles. The Labute approximate surface area is 196 Å². The zero-order valence-electron chi connectivity index (χ0n) is 18.6. The number of ether oxygens (including phenoxy) is 1. The summed E-state index contributed by atoms with van der Waals surface area (Å²) < 4.78 is 45.2. The summed E-state index contributed by atoms with van der Waals surface area (Å²) in [5.74, 6) is -1.80. The van der Waals surface area contributed by atoms with Crippen molar-refractivity contribution in [1.29, 1.82) is 0 Å². The summed E-state index contributed by atoms with van der Waals surface area (Å²) in [4.78, 5) is 27.9. The number of amides is 1. The zero-order valence-corrected chi connectivity index (χ0v) is 19.4. The maximum Gasteiger partial charge on any atom is 0.453 e. The van der Waals surface area contributed by atoms with E-state index in [4.69, 9.17) is 4.74 Å². The summed E-state index contributed by atoms with van der Waals surface area (Å²) in [5.41, 5.74) is 0.353. The number of nitrogens with one attached hydrogen (secondary N) is 1. The Hall–Kier alpha value is -3.22. The highest BCUT2D eigenvalue weighted by molar-refractivity contribution is 7.16. The number of halogens is 3. The predicted octanol–water partition coefficient (Wildman–Crippen LogP) is 3.80. The van der Waals surface area contributed by atoms with Crippen molar-refractivity contribution < 1.29 is 27.5 Å². The molecule has 3 aromatic heterocycles. The van der Waals surface area contributed by atoms with Crippen LogP contribution in [0.2, 0.25) is 0 Å². The summed E-state index contributed by atoms with van der Waals surface area (Å²) in [5, 5.41) is 14.1. The maximum absolute atomic E-state index is 13.1. The van der Waals surface area contributed by atoms with Crippen molar-refractivity contribution >= 4 is 39.7 Å². The van der Waals surface area contributed by atoms with Gasteiger partial charge in [0, 0.05) is 23.9 Å². The number of piperidine rings is 1. The molecule has 1 N–H and O–H groups in total. The van der Waals surface area contributed by atoms with Crippen LogP contribution in [0.1, 0.15) is 47.7 Å². The Morgan fingerprint density at radius 2 is 1.94 bits per heavy atom. The number of esters is 1. The third-order valence-corrected chi connectivity index (χ3v) is 6.75. The minimum absolute atomic E-state index is 0.00476. The number of aromatic nitrogens is 4. The van der Waals surface area contributed by atoms with Crippen LogP contribution in [0.3, 0.4) is 0 Å². The van der Waals surface area contributed by atoms with Crippen molar-refractivity contribution in [1.82, 2.24) is 19.8 Å². The second-order valence-corrected chi connectivity index (χ2v) is 8.90. The van der Waals surface area contributed by atoms with E-state index in [1.165, 1.54) is 17.4 Å². The number of aryl methyl sites for hydroxylation is 1. The lowest BCUT2D eigenvalue weighted by Crippen LogP contribution is -2.38. The van der Waals surface area contributed by atoms with Crippen LogP contribution in [0, 0.1) is 5.92 Å². The monoisotopic (exact) mass is 496 g/mol. The van der Waals surface area contributed by atoms with Gasteiger partial charge in [-0.3, -0.25) is 4.79 Å². The fraction of sp³-hybridized carbons (Fsp3) is 0.476. The Kier molecular flexibility index (Phi) is 6.73. The van der Waals surface area contributed by atoms with Crippen molar-refractivity contribution in [2.24, 2.45) is 5.92 Å². The van der Waals surface area contributed by atoms with Gasteiger partial charge in [-0.05, 0) is 44.4 Å². The highest BCUT2D eigenvalue weighted by atomic mass is 32.1. The van der Waals surface area contributed by atoms with E-state index in [1.807, 2.05) is 11.8 Å². The molecule has 0 radical (unpaired) electrons. The van der Waals surface area contributed by atoms with Gasteiger partial charge in [-0.15, -0.1) is 26.6 Å². The first kappa shape index (κ1) is 23.9. The summed E-state index contributed by atoms with van der Waals surface area (Å²) in [6, 6.07) is 4.76. The fourth-order valence-corrected chi connectivity index (χ4v) is 4.77. The van der Waals surface area contributed by atoms with E-state index in [2.05, 4.69) is 20.6 Å². The number of alkyl halides is 3. The SMILES string of the molecule is CCOC(=O)c1cc(CC)sc1NC(=O)C1CCN(c2ccc3nnc(C(F)(F)F)n3n2)CC1. The minimum atomic E-state index is -4.67. The molecule has 0 unspecified atom stereocenters. The van der Waals surface area contributed by atoms with Crippen LogP contribution in [0.15, 0.2) is 18.2 Å². The van der Waals surface area contributed by atoms with Gasteiger partial charge in [-0.1, -0.05) is 6.92 Å². The first-order valence-electron chi connectivity index (χ1n) is 10.9. The lowest BCUT2D eigenvalue weighted by molar-refractivity contribution is -0.146. The Bertz CT molecular complexity index is 1200. The average Bonchev–Trinajstić information content (AvgIpc) is 3.43. The smallest absolute Gasteiger partial charge is 0.453 e. The van der Waals surface area contributed by atoms with Crippen LogP contribution >= 0.6 is 11.3 Å². The normalized spacial score (nSPS) is 15.0. The number of nitrogens with zero attached hydrogens (tertiary/aromatic N) is 5. The van der Waals surface area contributed by atoms with Crippen LogP contribution in [-0.2, 0) is 22.1 Å². The molecule has 34 heavy (non-hydrogen) atoms. The van der Waals surface area contributed by atoms with Crippen molar-refractivity contribution in [3.8, 4) is 0 Å². The number of hydrogen-bond donors (Lipinski definition) is 1. The number of carbonyl (C=O) groups is 2.